The summed E-state index contributed by atoms with van der Waals surface area (Å²) in [6.45, 7) is 8.71. The van der Waals surface area contributed by atoms with E-state index in [0.29, 0.717) is 13.2 Å². The molecule has 186 valence electrons. The molecule has 0 saturated carbocycles. The van der Waals surface area contributed by atoms with Crippen molar-refractivity contribution >= 4 is 23.3 Å². The number of rotatable bonds is 5. The summed E-state index contributed by atoms with van der Waals surface area (Å²) in [5.41, 5.74) is 3.23. The van der Waals surface area contributed by atoms with E-state index in [0.717, 1.165) is 58.9 Å². The van der Waals surface area contributed by atoms with Gasteiger partial charge < -0.3 is 15.0 Å². The van der Waals surface area contributed by atoms with Crippen LogP contribution in [0.25, 0.3) is 10.6 Å². The third-order valence-electron chi connectivity index (χ3n) is 6.26. The first-order valence-electron chi connectivity index (χ1n) is 11.8. The summed E-state index contributed by atoms with van der Waals surface area (Å²) in [6, 6.07) is 3.63. The first kappa shape index (κ1) is 25.0. The van der Waals surface area contributed by atoms with Crippen molar-refractivity contribution in [3.63, 3.8) is 0 Å². The highest BCUT2D eigenvalue weighted by Gasteiger charge is 2.26. The van der Waals surface area contributed by atoms with E-state index < -0.39 is 11.7 Å². The molecule has 0 saturated heterocycles. The van der Waals surface area contributed by atoms with Crippen LogP contribution < -0.4 is 10.1 Å². The molecule has 35 heavy (non-hydrogen) atoms. The van der Waals surface area contributed by atoms with Gasteiger partial charge in [0.2, 0.25) is 11.8 Å². The lowest BCUT2D eigenvalue weighted by Gasteiger charge is -2.26. The number of anilines is 1. The highest BCUT2D eigenvalue weighted by atomic mass is 32.1. The Morgan fingerprint density at radius 3 is 2.74 bits per heavy atom. The Morgan fingerprint density at radius 2 is 2.03 bits per heavy atom. The predicted octanol–water partition coefficient (Wildman–Crippen LogP) is 4.91. The molecule has 0 spiro atoms. The van der Waals surface area contributed by atoms with Crippen LogP contribution in [0.3, 0.4) is 0 Å². The average molecular weight is 499 g/mol. The Hall–Kier alpha value is -3.14. The van der Waals surface area contributed by atoms with Crippen LogP contribution in [0.4, 0.5) is 10.2 Å². The maximum atomic E-state index is 14.4. The summed E-state index contributed by atoms with van der Waals surface area (Å²) in [6.07, 6.45) is 3.67. The molecule has 0 radical (unpaired) electrons. The number of methoxy groups -OCH3 is 1. The van der Waals surface area contributed by atoms with Gasteiger partial charge in [0.05, 0.1) is 31.6 Å². The fraction of sp³-hybridized carbons (Fsp3) is 0.480. The van der Waals surface area contributed by atoms with Crippen LogP contribution >= 0.6 is 11.5 Å². The Kier molecular flexibility index (Phi) is 7.59. The first-order valence-corrected chi connectivity index (χ1v) is 12.6. The Labute approximate surface area is 209 Å². The third-order valence-corrected chi connectivity index (χ3v) is 7.02. The number of halogens is 1. The van der Waals surface area contributed by atoms with Gasteiger partial charge in [-0.05, 0) is 56.3 Å². The van der Waals surface area contributed by atoms with Gasteiger partial charge in [0.1, 0.15) is 22.5 Å². The summed E-state index contributed by atoms with van der Waals surface area (Å²) < 4.78 is 24.0. The van der Waals surface area contributed by atoms with Crippen LogP contribution in [0, 0.1) is 12.7 Å². The standard InChI is InChI=1S/C25H31FN6O2S/c1-14(2)22-30-24(35-31-22)19-10-17-8-6-7-9-32(13-28-23(17)29-16(19)4)25(33)15(3)18-11-21(34-5)27-12-20(18)26/h10-12,14-15H,6-9,13H2,1-5H3,(H,28,29)/t15-/m1/s1. The molecule has 1 aliphatic rings. The number of nitrogens with one attached hydrogen (secondary N) is 1. The van der Waals surface area contributed by atoms with Crippen molar-refractivity contribution in [3.05, 3.63) is 46.8 Å². The number of aryl methyl sites for hydroxylation is 2. The number of pyridine rings is 2. The molecule has 0 aliphatic carbocycles. The van der Waals surface area contributed by atoms with Crippen LogP contribution in [-0.4, -0.2) is 50.5 Å². The molecule has 0 unspecified atom stereocenters. The number of hydrogen-bond acceptors (Lipinski definition) is 8. The number of carbonyl (C=O) groups excluding carboxylic acids is 1. The van der Waals surface area contributed by atoms with Crippen molar-refractivity contribution in [3.8, 4) is 16.5 Å². The van der Waals surface area contributed by atoms with Crippen molar-refractivity contribution in [1.29, 1.82) is 0 Å². The molecule has 4 rings (SSSR count). The monoisotopic (exact) mass is 498 g/mol. The van der Waals surface area contributed by atoms with E-state index >= 15 is 0 Å². The number of nitrogens with zero attached hydrogens (tertiary/aromatic N) is 5. The number of amides is 1. The number of ether oxygens (including phenoxy) is 1. The average Bonchev–Trinajstić information content (AvgIpc) is 3.36. The topological polar surface area (TPSA) is 93.1 Å². The van der Waals surface area contributed by atoms with Gasteiger partial charge in [0.25, 0.3) is 0 Å². The summed E-state index contributed by atoms with van der Waals surface area (Å²) in [4.78, 5) is 28.5. The normalized spacial score (nSPS) is 15.0. The van der Waals surface area contributed by atoms with Crippen LogP contribution in [0.2, 0.25) is 0 Å². The van der Waals surface area contributed by atoms with Crippen LogP contribution in [0.15, 0.2) is 18.3 Å². The fourth-order valence-electron chi connectivity index (χ4n) is 4.13. The lowest BCUT2D eigenvalue weighted by molar-refractivity contribution is -0.132. The van der Waals surface area contributed by atoms with Gasteiger partial charge >= 0.3 is 0 Å². The number of fused-ring (bicyclic) bond motifs is 1. The van der Waals surface area contributed by atoms with Gasteiger partial charge in [-0.2, -0.15) is 4.37 Å². The minimum absolute atomic E-state index is 0.156. The van der Waals surface area contributed by atoms with E-state index in [4.69, 9.17) is 14.7 Å². The molecule has 0 bridgehead atoms. The van der Waals surface area contributed by atoms with E-state index in [2.05, 4.69) is 34.6 Å². The van der Waals surface area contributed by atoms with Crippen molar-refractivity contribution < 1.29 is 13.9 Å². The smallest absolute Gasteiger partial charge is 0.231 e. The molecule has 1 aliphatic heterocycles. The fourth-order valence-corrected chi connectivity index (χ4v) is 5.00. The van der Waals surface area contributed by atoms with Gasteiger partial charge in [-0.25, -0.2) is 19.3 Å². The van der Waals surface area contributed by atoms with Gasteiger partial charge in [-0.1, -0.05) is 13.8 Å². The molecule has 3 aromatic heterocycles. The molecule has 1 N–H and O–H groups in total. The Bertz CT molecular complexity index is 1210. The van der Waals surface area contributed by atoms with Crippen LogP contribution in [0.1, 0.15) is 68.1 Å². The third kappa shape index (κ3) is 5.42. The van der Waals surface area contributed by atoms with E-state index in [9.17, 15) is 9.18 Å². The molecule has 0 aromatic carbocycles. The lowest BCUT2D eigenvalue weighted by atomic mass is 10.00. The van der Waals surface area contributed by atoms with Crippen molar-refractivity contribution in [1.82, 2.24) is 24.2 Å². The Morgan fingerprint density at radius 1 is 1.23 bits per heavy atom. The molecular formula is C25H31FN6O2S. The second kappa shape index (κ2) is 10.6. The maximum Gasteiger partial charge on any atom is 0.231 e. The molecular weight excluding hydrogens is 467 g/mol. The largest absolute Gasteiger partial charge is 0.481 e. The number of aromatic nitrogens is 4. The summed E-state index contributed by atoms with van der Waals surface area (Å²) >= 11 is 1.40. The van der Waals surface area contributed by atoms with Gasteiger partial charge in [0.15, 0.2) is 0 Å². The van der Waals surface area contributed by atoms with Gasteiger partial charge in [-0.3, -0.25) is 4.79 Å². The van der Waals surface area contributed by atoms with Crippen LogP contribution in [0.5, 0.6) is 5.88 Å². The van der Waals surface area contributed by atoms with Crippen molar-refractivity contribution in [2.45, 2.75) is 58.8 Å². The minimum Gasteiger partial charge on any atom is -0.481 e. The summed E-state index contributed by atoms with van der Waals surface area (Å²) in [5.74, 6) is 0.826. The molecule has 8 nitrogen and oxygen atoms in total. The van der Waals surface area contributed by atoms with E-state index in [1.165, 1.54) is 24.7 Å². The molecule has 0 fully saturated rings. The summed E-state index contributed by atoms with van der Waals surface area (Å²) in [5, 5.41) is 4.23. The summed E-state index contributed by atoms with van der Waals surface area (Å²) in [7, 11) is 1.47. The zero-order chi connectivity index (χ0) is 25.1. The SMILES string of the molecule is COc1cc([C@@H](C)C(=O)N2CCCCc3cc(-c4nc(C(C)C)ns4)c(C)nc3NC2)c(F)cn1. The molecule has 10 heteroatoms. The van der Waals surface area contributed by atoms with Crippen molar-refractivity contribution in [2.24, 2.45) is 0 Å². The molecule has 1 atom stereocenters. The predicted molar refractivity (Wildman–Crippen MR) is 134 cm³/mol. The van der Waals surface area contributed by atoms with E-state index in [1.807, 2.05) is 6.92 Å². The van der Waals surface area contributed by atoms with Gasteiger partial charge in [0, 0.05) is 29.7 Å². The zero-order valence-electron chi connectivity index (χ0n) is 20.8. The molecule has 4 heterocycles. The minimum atomic E-state index is -0.668. The molecule has 1 amide bonds. The van der Waals surface area contributed by atoms with Gasteiger partial charge in [-0.15, -0.1) is 0 Å². The number of hydrogen-bond donors (Lipinski definition) is 1. The highest BCUT2D eigenvalue weighted by molar-refractivity contribution is 7.09. The van der Waals surface area contributed by atoms with E-state index in [1.54, 1.807) is 11.8 Å². The first-order chi connectivity index (χ1) is 16.8. The zero-order valence-corrected chi connectivity index (χ0v) is 21.6. The van der Waals surface area contributed by atoms with Crippen molar-refractivity contribution in [2.75, 3.05) is 25.6 Å². The second-order valence-electron chi connectivity index (χ2n) is 9.11. The lowest BCUT2D eigenvalue weighted by Crippen LogP contribution is -2.39. The molecule has 3 aromatic rings. The maximum absolute atomic E-state index is 14.4. The van der Waals surface area contributed by atoms with E-state index in [-0.39, 0.29) is 23.3 Å². The quantitative estimate of drug-likeness (QED) is 0.534. The Balaban J connectivity index is 1.55. The highest BCUT2D eigenvalue weighted by Crippen LogP contribution is 2.31. The van der Waals surface area contributed by atoms with Crippen LogP contribution in [-0.2, 0) is 11.2 Å². The second-order valence-corrected chi connectivity index (χ2v) is 9.86. The number of carbonyl (C=O) groups is 1.